The molecule has 2 aliphatic rings. The van der Waals surface area contributed by atoms with E-state index < -0.39 is 0 Å². The Morgan fingerprint density at radius 1 is 1.06 bits per heavy atom. The average molecular weight is 252 g/mol. The maximum Gasteiger partial charge on any atom is 0.226 e. The van der Waals surface area contributed by atoms with E-state index in [-0.39, 0.29) is 29.7 Å². The third-order valence-electron chi connectivity index (χ3n) is 3.79. The van der Waals surface area contributed by atoms with Crippen molar-refractivity contribution in [2.24, 2.45) is 11.8 Å². The Bertz CT molecular complexity index is 320. The Morgan fingerprint density at radius 3 is 2.22 bits per heavy atom. The lowest BCUT2D eigenvalue weighted by molar-refractivity contribution is -0.134. The molecular weight excluding hydrogens is 228 g/mol. The maximum absolute atomic E-state index is 12.3. The van der Waals surface area contributed by atoms with E-state index in [9.17, 15) is 9.59 Å². The molecule has 0 bridgehead atoms. The number of amides is 2. The van der Waals surface area contributed by atoms with Crippen LogP contribution in [0.25, 0.3) is 0 Å². The minimum atomic E-state index is -0.0665. The zero-order valence-electron chi connectivity index (χ0n) is 11.4. The molecule has 1 aliphatic heterocycles. The van der Waals surface area contributed by atoms with Gasteiger partial charge in [0.05, 0.1) is 11.8 Å². The zero-order valence-corrected chi connectivity index (χ0v) is 11.4. The summed E-state index contributed by atoms with van der Waals surface area (Å²) in [5.41, 5.74) is 0. The Hall–Kier alpha value is -1.06. The Balaban J connectivity index is 1.82. The van der Waals surface area contributed by atoms with E-state index >= 15 is 0 Å². The summed E-state index contributed by atoms with van der Waals surface area (Å²) >= 11 is 0. The number of hydrogen-bond donors (Lipinski definition) is 1. The number of carbonyl (C=O) groups excluding carboxylic acids is 2. The van der Waals surface area contributed by atoms with Crippen molar-refractivity contribution in [3.63, 3.8) is 0 Å². The van der Waals surface area contributed by atoms with E-state index in [1.807, 2.05) is 18.7 Å². The molecule has 2 unspecified atom stereocenters. The molecule has 0 spiro atoms. The maximum atomic E-state index is 12.3. The topological polar surface area (TPSA) is 49.4 Å². The summed E-state index contributed by atoms with van der Waals surface area (Å²) in [4.78, 5) is 26.0. The van der Waals surface area contributed by atoms with Gasteiger partial charge in [-0.1, -0.05) is 12.8 Å². The Labute approximate surface area is 109 Å². The van der Waals surface area contributed by atoms with Gasteiger partial charge < -0.3 is 10.2 Å². The molecule has 1 N–H and O–H groups in total. The van der Waals surface area contributed by atoms with Crippen LogP contribution in [0.4, 0.5) is 0 Å². The van der Waals surface area contributed by atoms with Gasteiger partial charge in [-0.3, -0.25) is 9.59 Å². The van der Waals surface area contributed by atoms with Gasteiger partial charge in [-0.05, 0) is 33.1 Å². The van der Waals surface area contributed by atoms with Crippen LogP contribution in [0.3, 0.4) is 0 Å². The molecule has 2 atom stereocenters. The second-order valence-corrected chi connectivity index (χ2v) is 5.85. The smallest absolute Gasteiger partial charge is 0.226 e. The minimum Gasteiger partial charge on any atom is -0.354 e. The van der Waals surface area contributed by atoms with Gasteiger partial charge in [0, 0.05) is 19.1 Å². The number of nitrogens with zero attached hydrogens (tertiary/aromatic N) is 1. The summed E-state index contributed by atoms with van der Waals surface area (Å²) in [5, 5.41) is 2.90. The number of rotatable bonds is 3. The summed E-state index contributed by atoms with van der Waals surface area (Å²) in [6, 6.07) is 0.159. The van der Waals surface area contributed by atoms with Crippen LogP contribution >= 0.6 is 0 Å². The second-order valence-electron chi connectivity index (χ2n) is 5.85. The highest BCUT2D eigenvalue weighted by atomic mass is 16.2. The molecule has 0 aromatic heterocycles. The van der Waals surface area contributed by atoms with Crippen molar-refractivity contribution in [1.82, 2.24) is 10.2 Å². The lowest BCUT2D eigenvalue weighted by Gasteiger charge is -2.20. The van der Waals surface area contributed by atoms with Gasteiger partial charge in [-0.25, -0.2) is 0 Å². The van der Waals surface area contributed by atoms with Crippen molar-refractivity contribution >= 4 is 11.8 Å². The van der Waals surface area contributed by atoms with Crippen LogP contribution in [-0.2, 0) is 9.59 Å². The van der Waals surface area contributed by atoms with Crippen LogP contribution < -0.4 is 5.32 Å². The van der Waals surface area contributed by atoms with Crippen molar-refractivity contribution in [2.75, 3.05) is 13.1 Å². The third-order valence-corrected chi connectivity index (χ3v) is 3.79. The molecule has 102 valence electrons. The molecule has 0 radical (unpaired) electrons. The highest BCUT2D eigenvalue weighted by Crippen LogP contribution is 2.40. The number of nitrogens with one attached hydrogen (secondary N) is 1. The first kappa shape index (κ1) is 13.4. The first-order valence-corrected chi connectivity index (χ1v) is 7.18. The third kappa shape index (κ3) is 3.24. The van der Waals surface area contributed by atoms with Crippen LogP contribution in [0.1, 0.15) is 46.0 Å². The van der Waals surface area contributed by atoms with Gasteiger partial charge in [0.1, 0.15) is 0 Å². The molecule has 4 heteroatoms. The van der Waals surface area contributed by atoms with Gasteiger partial charge in [-0.15, -0.1) is 0 Å². The van der Waals surface area contributed by atoms with Crippen LogP contribution in [0.5, 0.6) is 0 Å². The molecule has 1 saturated carbocycles. The van der Waals surface area contributed by atoms with Crippen molar-refractivity contribution < 1.29 is 9.59 Å². The van der Waals surface area contributed by atoms with Gasteiger partial charge in [-0.2, -0.15) is 0 Å². The lowest BCUT2D eigenvalue weighted by Crippen LogP contribution is -2.36. The number of likely N-dealkylation sites (tertiary alicyclic amines) is 1. The Kier molecular flexibility index (Phi) is 4.25. The molecular formula is C14H24N2O2. The predicted octanol–water partition coefficient (Wildman–Crippen LogP) is 1.55. The van der Waals surface area contributed by atoms with Crippen LogP contribution in [0.2, 0.25) is 0 Å². The summed E-state index contributed by atoms with van der Waals surface area (Å²) < 4.78 is 0. The molecule has 1 saturated heterocycles. The molecule has 18 heavy (non-hydrogen) atoms. The fourth-order valence-corrected chi connectivity index (χ4v) is 2.67. The molecule has 1 heterocycles. The first-order valence-electron chi connectivity index (χ1n) is 7.18. The average Bonchev–Trinajstić information content (AvgIpc) is 3.12. The second kappa shape index (κ2) is 5.72. The molecule has 1 aliphatic carbocycles. The van der Waals surface area contributed by atoms with E-state index in [1.165, 1.54) is 12.8 Å². The first-order chi connectivity index (χ1) is 8.59. The fourth-order valence-electron chi connectivity index (χ4n) is 2.67. The van der Waals surface area contributed by atoms with E-state index in [2.05, 4.69) is 5.32 Å². The fraction of sp³-hybridized carbons (Fsp3) is 0.857. The normalized spacial score (nSPS) is 27.8. The molecule has 2 fully saturated rings. The molecule has 4 nitrogen and oxygen atoms in total. The minimum absolute atomic E-state index is 0.0400. The molecule has 0 aromatic carbocycles. The van der Waals surface area contributed by atoms with E-state index in [4.69, 9.17) is 0 Å². The highest BCUT2D eigenvalue weighted by Gasteiger charge is 2.49. The SMILES string of the molecule is CC(C)NC(=O)C1CC1C(=O)N1CCCCCC1. The summed E-state index contributed by atoms with van der Waals surface area (Å²) in [7, 11) is 0. The van der Waals surface area contributed by atoms with Crippen molar-refractivity contribution in [1.29, 1.82) is 0 Å². The standard InChI is InChI=1S/C14H24N2O2/c1-10(2)15-13(17)11-9-12(11)14(18)16-7-5-3-4-6-8-16/h10-12H,3-9H2,1-2H3,(H,15,17). The number of hydrogen-bond acceptors (Lipinski definition) is 2. The van der Waals surface area contributed by atoms with Gasteiger partial charge in [0.15, 0.2) is 0 Å². The Morgan fingerprint density at radius 2 is 1.67 bits per heavy atom. The van der Waals surface area contributed by atoms with E-state index in [0.29, 0.717) is 0 Å². The summed E-state index contributed by atoms with van der Waals surface area (Å²) in [6.07, 6.45) is 5.42. The lowest BCUT2D eigenvalue weighted by atomic mass is 10.2. The zero-order chi connectivity index (χ0) is 13.1. The van der Waals surface area contributed by atoms with Crippen LogP contribution in [-0.4, -0.2) is 35.8 Å². The van der Waals surface area contributed by atoms with Gasteiger partial charge in [0.25, 0.3) is 0 Å². The van der Waals surface area contributed by atoms with E-state index in [0.717, 1.165) is 32.4 Å². The van der Waals surface area contributed by atoms with Gasteiger partial charge in [0.2, 0.25) is 11.8 Å². The molecule has 2 rings (SSSR count). The van der Waals surface area contributed by atoms with Crippen LogP contribution in [0, 0.1) is 11.8 Å². The highest BCUT2D eigenvalue weighted by molar-refractivity contribution is 5.92. The molecule has 2 amide bonds. The van der Waals surface area contributed by atoms with Crippen molar-refractivity contribution in [3.8, 4) is 0 Å². The van der Waals surface area contributed by atoms with Gasteiger partial charge >= 0.3 is 0 Å². The van der Waals surface area contributed by atoms with Crippen molar-refractivity contribution in [2.45, 2.75) is 52.0 Å². The molecule has 0 aromatic rings. The quantitative estimate of drug-likeness (QED) is 0.828. The monoisotopic (exact) mass is 252 g/mol. The largest absolute Gasteiger partial charge is 0.354 e. The van der Waals surface area contributed by atoms with E-state index in [1.54, 1.807) is 0 Å². The van der Waals surface area contributed by atoms with Crippen LogP contribution in [0.15, 0.2) is 0 Å². The predicted molar refractivity (Wildman–Crippen MR) is 69.9 cm³/mol. The summed E-state index contributed by atoms with van der Waals surface area (Å²) in [6.45, 7) is 5.67. The van der Waals surface area contributed by atoms with Crippen molar-refractivity contribution in [3.05, 3.63) is 0 Å². The number of carbonyl (C=O) groups is 2. The summed E-state index contributed by atoms with van der Waals surface area (Å²) in [5.74, 6) is 0.156.